The number of para-hydroxylation sites is 2. The van der Waals surface area contributed by atoms with Gasteiger partial charge in [-0.15, -0.1) is 0 Å². The normalized spacial score (nSPS) is 16.8. The standard InChI is InChI=1S/C17H18BrNO/c1-2-20-17-9-4-3-8-16(17)19-15-11-10-12-13(15)6-5-7-14(12)18/h3-9,15,19H,2,10-11H2,1H3. The highest BCUT2D eigenvalue weighted by atomic mass is 79.9. The first-order valence-corrected chi connectivity index (χ1v) is 7.84. The molecule has 1 N–H and O–H groups in total. The van der Waals surface area contributed by atoms with Crippen LogP contribution in [0.4, 0.5) is 5.69 Å². The van der Waals surface area contributed by atoms with Gasteiger partial charge in [0.2, 0.25) is 0 Å². The molecule has 0 aliphatic heterocycles. The second kappa shape index (κ2) is 5.88. The van der Waals surface area contributed by atoms with Crippen LogP contribution >= 0.6 is 15.9 Å². The van der Waals surface area contributed by atoms with Gasteiger partial charge in [0.15, 0.2) is 0 Å². The van der Waals surface area contributed by atoms with Crippen LogP contribution in [-0.4, -0.2) is 6.61 Å². The van der Waals surface area contributed by atoms with Gasteiger partial charge in [0.25, 0.3) is 0 Å². The molecule has 0 bridgehead atoms. The smallest absolute Gasteiger partial charge is 0.142 e. The first-order valence-electron chi connectivity index (χ1n) is 7.05. The summed E-state index contributed by atoms with van der Waals surface area (Å²) in [5.41, 5.74) is 3.90. The van der Waals surface area contributed by atoms with Crippen molar-refractivity contribution in [3.8, 4) is 5.75 Å². The van der Waals surface area contributed by atoms with Crippen molar-refractivity contribution in [2.45, 2.75) is 25.8 Å². The molecule has 0 fully saturated rings. The van der Waals surface area contributed by atoms with E-state index in [-0.39, 0.29) is 0 Å². The summed E-state index contributed by atoms with van der Waals surface area (Å²) >= 11 is 3.65. The largest absolute Gasteiger partial charge is 0.492 e. The van der Waals surface area contributed by atoms with Crippen molar-refractivity contribution in [3.05, 3.63) is 58.1 Å². The van der Waals surface area contributed by atoms with Crippen LogP contribution in [0.1, 0.15) is 30.5 Å². The number of rotatable bonds is 4. The van der Waals surface area contributed by atoms with E-state index in [0.29, 0.717) is 12.6 Å². The Morgan fingerprint density at radius 1 is 1.20 bits per heavy atom. The predicted molar refractivity (Wildman–Crippen MR) is 86.4 cm³/mol. The average Bonchev–Trinajstić information content (AvgIpc) is 2.86. The lowest BCUT2D eigenvalue weighted by Gasteiger charge is -2.18. The maximum absolute atomic E-state index is 5.69. The number of hydrogen-bond donors (Lipinski definition) is 1. The van der Waals surface area contributed by atoms with Crippen LogP contribution < -0.4 is 10.1 Å². The van der Waals surface area contributed by atoms with Crippen LogP contribution in [0.15, 0.2) is 46.9 Å². The van der Waals surface area contributed by atoms with Crippen LogP contribution in [0.25, 0.3) is 0 Å². The molecule has 2 aromatic rings. The molecule has 3 heteroatoms. The number of fused-ring (bicyclic) bond motifs is 1. The molecule has 0 heterocycles. The van der Waals surface area contributed by atoms with E-state index in [1.54, 1.807) is 0 Å². The highest BCUT2D eigenvalue weighted by Gasteiger charge is 2.24. The van der Waals surface area contributed by atoms with Crippen molar-refractivity contribution in [1.29, 1.82) is 0 Å². The van der Waals surface area contributed by atoms with Crippen molar-refractivity contribution in [1.82, 2.24) is 0 Å². The number of nitrogens with one attached hydrogen (secondary N) is 1. The van der Waals surface area contributed by atoms with Gasteiger partial charge in [0.05, 0.1) is 18.3 Å². The highest BCUT2D eigenvalue weighted by Crippen LogP contribution is 2.39. The third kappa shape index (κ3) is 2.55. The number of halogens is 1. The number of ether oxygens (including phenoxy) is 1. The van der Waals surface area contributed by atoms with E-state index >= 15 is 0 Å². The van der Waals surface area contributed by atoms with Crippen LogP contribution in [0.2, 0.25) is 0 Å². The van der Waals surface area contributed by atoms with Gasteiger partial charge >= 0.3 is 0 Å². The van der Waals surface area contributed by atoms with Crippen LogP contribution in [-0.2, 0) is 6.42 Å². The zero-order valence-corrected chi connectivity index (χ0v) is 13.1. The lowest BCUT2D eigenvalue weighted by Crippen LogP contribution is -2.08. The highest BCUT2D eigenvalue weighted by molar-refractivity contribution is 9.10. The van der Waals surface area contributed by atoms with E-state index < -0.39 is 0 Å². The third-order valence-corrected chi connectivity index (χ3v) is 4.47. The monoisotopic (exact) mass is 331 g/mol. The van der Waals surface area contributed by atoms with E-state index in [1.807, 2.05) is 25.1 Å². The molecule has 0 saturated carbocycles. The number of anilines is 1. The van der Waals surface area contributed by atoms with Crippen LogP contribution in [0.5, 0.6) is 5.75 Å². The number of hydrogen-bond acceptors (Lipinski definition) is 2. The van der Waals surface area contributed by atoms with Gasteiger partial charge in [-0.3, -0.25) is 0 Å². The fourth-order valence-electron chi connectivity index (χ4n) is 2.81. The summed E-state index contributed by atoms with van der Waals surface area (Å²) in [7, 11) is 0. The summed E-state index contributed by atoms with van der Waals surface area (Å²) in [5, 5.41) is 3.63. The van der Waals surface area contributed by atoms with Gasteiger partial charge in [0, 0.05) is 4.47 Å². The van der Waals surface area contributed by atoms with E-state index in [0.717, 1.165) is 24.3 Å². The summed E-state index contributed by atoms with van der Waals surface area (Å²) in [5.74, 6) is 0.929. The third-order valence-electron chi connectivity index (χ3n) is 3.73. The molecule has 0 amide bonds. The fraction of sp³-hybridized carbons (Fsp3) is 0.294. The quantitative estimate of drug-likeness (QED) is 0.856. The molecule has 2 nitrogen and oxygen atoms in total. The van der Waals surface area contributed by atoms with Crippen molar-refractivity contribution >= 4 is 21.6 Å². The summed E-state index contributed by atoms with van der Waals surface area (Å²) < 4.78 is 6.91. The topological polar surface area (TPSA) is 21.3 Å². The molecule has 104 valence electrons. The molecule has 0 spiro atoms. The first kappa shape index (κ1) is 13.5. The molecule has 0 radical (unpaired) electrons. The van der Waals surface area contributed by atoms with Crippen molar-refractivity contribution in [2.24, 2.45) is 0 Å². The van der Waals surface area contributed by atoms with Crippen LogP contribution in [0.3, 0.4) is 0 Å². The molecule has 1 aliphatic rings. The minimum atomic E-state index is 0.365. The van der Waals surface area contributed by atoms with E-state index in [4.69, 9.17) is 4.74 Å². The summed E-state index contributed by atoms with van der Waals surface area (Å²) in [4.78, 5) is 0. The van der Waals surface area contributed by atoms with Gasteiger partial charge in [0.1, 0.15) is 5.75 Å². The Labute approximate surface area is 128 Å². The Morgan fingerprint density at radius 3 is 2.90 bits per heavy atom. The average molecular weight is 332 g/mol. The molecule has 2 aromatic carbocycles. The Morgan fingerprint density at radius 2 is 2.05 bits per heavy atom. The van der Waals surface area contributed by atoms with E-state index in [9.17, 15) is 0 Å². The molecule has 20 heavy (non-hydrogen) atoms. The molecule has 1 unspecified atom stereocenters. The van der Waals surface area contributed by atoms with Crippen molar-refractivity contribution in [3.63, 3.8) is 0 Å². The summed E-state index contributed by atoms with van der Waals surface area (Å²) in [6.07, 6.45) is 2.24. The Bertz CT molecular complexity index is 612. The second-order valence-electron chi connectivity index (χ2n) is 4.97. The predicted octanol–water partition coefficient (Wildman–Crippen LogP) is 4.95. The fourth-order valence-corrected chi connectivity index (χ4v) is 3.39. The molecule has 1 atom stereocenters. The van der Waals surface area contributed by atoms with Gasteiger partial charge in [-0.05, 0) is 49.1 Å². The molecule has 0 aromatic heterocycles. The second-order valence-corrected chi connectivity index (χ2v) is 5.83. The first-order chi connectivity index (χ1) is 9.79. The molecule has 0 saturated heterocycles. The minimum Gasteiger partial charge on any atom is -0.492 e. The van der Waals surface area contributed by atoms with Gasteiger partial charge < -0.3 is 10.1 Å². The minimum absolute atomic E-state index is 0.365. The Kier molecular flexibility index (Phi) is 3.97. The summed E-state index contributed by atoms with van der Waals surface area (Å²) in [6, 6.07) is 15.0. The lowest BCUT2D eigenvalue weighted by molar-refractivity contribution is 0.341. The van der Waals surface area contributed by atoms with E-state index in [2.05, 4.69) is 45.5 Å². The maximum atomic E-state index is 5.69. The lowest BCUT2D eigenvalue weighted by atomic mass is 10.1. The Hall–Kier alpha value is -1.48. The number of benzene rings is 2. The molecule has 1 aliphatic carbocycles. The molecular weight excluding hydrogens is 314 g/mol. The zero-order valence-electron chi connectivity index (χ0n) is 11.5. The van der Waals surface area contributed by atoms with Crippen molar-refractivity contribution in [2.75, 3.05) is 11.9 Å². The van der Waals surface area contributed by atoms with Crippen LogP contribution in [0, 0.1) is 0 Å². The van der Waals surface area contributed by atoms with Gasteiger partial charge in [-0.1, -0.05) is 40.2 Å². The van der Waals surface area contributed by atoms with E-state index in [1.165, 1.54) is 15.6 Å². The maximum Gasteiger partial charge on any atom is 0.142 e. The SMILES string of the molecule is CCOc1ccccc1NC1CCc2c(Br)cccc21. The summed E-state index contributed by atoms with van der Waals surface area (Å²) in [6.45, 7) is 2.70. The molecule has 3 rings (SSSR count). The van der Waals surface area contributed by atoms with Gasteiger partial charge in [-0.2, -0.15) is 0 Å². The van der Waals surface area contributed by atoms with Gasteiger partial charge in [-0.25, -0.2) is 0 Å². The molecular formula is C17H18BrNO. The Balaban J connectivity index is 1.86. The zero-order chi connectivity index (χ0) is 13.9. The van der Waals surface area contributed by atoms with Crippen molar-refractivity contribution < 1.29 is 4.74 Å².